The van der Waals surface area contributed by atoms with Gasteiger partial charge in [-0.15, -0.1) is 0 Å². The van der Waals surface area contributed by atoms with Gasteiger partial charge in [0, 0.05) is 42.2 Å². The average Bonchev–Trinajstić information content (AvgIpc) is 3.15. The summed E-state index contributed by atoms with van der Waals surface area (Å²) in [5.74, 6) is 0.429. The van der Waals surface area contributed by atoms with Crippen molar-refractivity contribution in [3.05, 3.63) is 35.0 Å². The highest BCUT2D eigenvalue weighted by atomic mass is 32.2. The van der Waals surface area contributed by atoms with Crippen LogP contribution in [0.4, 0.5) is 0 Å². The van der Waals surface area contributed by atoms with E-state index in [2.05, 4.69) is 0 Å². The third-order valence-electron chi connectivity index (χ3n) is 6.98. The van der Waals surface area contributed by atoms with Gasteiger partial charge in [-0.3, -0.25) is 13.6 Å². The smallest absolute Gasteiger partial charge is 0.323 e. The molecule has 0 spiro atoms. The standard InChI is InChI=1S/C24H32N2O5S/c1-3-25(15-23(27)28)24(29)18-6-8-22-20(14-18)19-13-17(16-9-11-31-12-10-16)5-7-21(19)26(22)32(30)4-2/h6,8,14,16-17H,3-5,7,9-13,15H2,1-2H3,(H,27,28). The van der Waals surface area contributed by atoms with Crippen molar-refractivity contribution < 1.29 is 23.6 Å². The van der Waals surface area contributed by atoms with Crippen molar-refractivity contribution in [3.8, 4) is 0 Å². The number of aromatic nitrogens is 1. The third-order valence-corrected chi connectivity index (χ3v) is 8.30. The lowest BCUT2D eigenvalue weighted by atomic mass is 9.75. The van der Waals surface area contributed by atoms with Crippen LogP contribution in [0.1, 0.15) is 54.7 Å². The molecule has 2 atom stereocenters. The van der Waals surface area contributed by atoms with Crippen LogP contribution in [0.5, 0.6) is 0 Å². The second kappa shape index (κ2) is 9.75. The number of aliphatic carboxylic acids is 1. The molecule has 7 nitrogen and oxygen atoms in total. The lowest BCUT2D eigenvalue weighted by Gasteiger charge is -2.33. The van der Waals surface area contributed by atoms with E-state index in [1.807, 2.05) is 23.0 Å². The molecule has 2 heterocycles. The summed E-state index contributed by atoms with van der Waals surface area (Å²) in [4.78, 5) is 25.5. The van der Waals surface area contributed by atoms with Crippen LogP contribution in [0, 0.1) is 11.8 Å². The van der Waals surface area contributed by atoms with E-state index in [-0.39, 0.29) is 12.5 Å². The highest BCUT2D eigenvalue weighted by Crippen LogP contribution is 2.40. The van der Waals surface area contributed by atoms with Crippen molar-refractivity contribution in [3.63, 3.8) is 0 Å². The van der Waals surface area contributed by atoms with Crippen molar-refractivity contribution in [2.75, 3.05) is 32.1 Å². The number of carbonyl (C=O) groups is 2. The van der Waals surface area contributed by atoms with E-state index in [1.54, 1.807) is 13.0 Å². The second-order valence-electron chi connectivity index (χ2n) is 8.73. The van der Waals surface area contributed by atoms with Crippen LogP contribution >= 0.6 is 0 Å². The number of ether oxygens (including phenoxy) is 1. The number of likely N-dealkylation sites (N-methyl/N-ethyl adjacent to an activating group) is 1. The Balaban J connectivity index is 1.75. The quantitative estimate of drug-likeness (QED) is 0.685. The van der Waals surface area contributed by atoms with E-state index in [4.69, 9.17) is 9.84 Å². The minimum Gasteiger partial charge on any atom is -0.480 e. The van der Waals surface area contributed by atoms with E-state index < -0.39 is 17.0 Å². The van der Waals surface area contributed by atoms with Crippen LogP contribution in [-0.4, -0.2) is 62.1 Å². The highest BCUT2D eigenvalue weighted by molar-refractivity contribution is 7.83. The number of rotatable bonds is 7. The van der Waals surface area contributed by atoms with Gasteiger partial charge in [-0.1, -0.05) is 6.92 Å². The number of carbonyl (C=O) groups excluding carboxylic acids is 1. The second-order valence-corrected chi connectivity index (χ2v) is 10.3. The molecule has 2 unspecified atom stereocenters. The van der Waals surface area contributed by atoms with Crippen molar-refractivity contribution in [1.29, 1.82) is 0 Å². The number of carboxylic acids is 1. The largest absolute Gasteiger partial charge is 0.480 e. The first kappa shape index (κ1) is 23.0. The number of fused-ring (bicyclic) bond motifs is 3. The van der Waals surface area contributed by atoms with E-state index in [9.17, 15) is 13.8 Å². The topological polar surface area (TPSA) is 88.8 Å². The zero-order valence-electron chi connectivity index (χ0n) is 18.8. The maximum atomic E-state index is 13.0. The zero-order valence-corrected chi connectivity index (χ0v) is 19.7. The molecule has 1 fully saturated rings. The Kier molecular flexibility index (Phi) is 7.00. The van der Waals surface area contributed by atoms with Crippen LogP contribution < -0.4 is 0 Å². The van der Waals surface area contributed by atoms with E-state index >= 15 is 0 Å². The van der Waals surface area contributed by atoms with Gasteiger partial charge in [-0.05, 0) is 74.6 Å². The number of hydrogen-bond donors (Lipinski definition) is 1. The Morgan fingerprint density at radius 1 is 1.19 bits per heavy atom. The van der Waals surface area contributed by atoms with Crippen LogP contribution in [0.2, 0.25) is 0 Å². The molecule has 1 aromatic carbocycles. The normalized spacial score (nSPS) is 20.1. The molecule has 2 aromatic rings. The van der Waals surface area contributed by atoms with Crippen molar-refractivity contribution in [2.45, 2.75) is 46.0 Å². The summed E-state index contributed by atoms with van der Waals surface area (Å²) in [5, 5.41) is 10.1. The molecule has 8 heteroatoms. The molecular weight excluding hydrogens is 428 g/mol. The molecular formula is C24H32N2O5S. The molecule has 4 rings (SSSR count). The van der Waals surface area contributed by atoms with Crippen molar-refractivity contribution in [1.82, 2.24) is 8.87 Å². The Morgan fingerprint density at radius 2 is 1.94 bits per heavy atom. The summed E-state index contributed by atoms with van der Waals surface area (Å²) in [6.07, 6.45) is 5.08. The summed E-state index contributed by atoms with van der Waals surface area (Å²) >= 11 is 0. The van der Waals surface area contributed by atoms with Gasteiger partial charge in [0.1, 0.15) is 17.5 Å². The first-order valence-corrected chi connectivity index (χ1v) is 12.9. The summed E-state index contributed by atoms with van der Waals surface area (Å²) < 4.78 is 20.5. The summed E-state index contributed by atoms with van der Waals surface area (Å²) in [5.41, 5.74) is 3.73. The lowest BCUT2D eigenvalue weighted by Crippen LogP contribution is -2.35. The predicted molar refractivity (Wildman–Crippen MR) is 124 cm³/mol. The molecule has 1 aliphatic heterocycles. The van der Waals surface area contributed by atoms with Gasteiger partial charge in [0.15, 0.2) is 0 Å². The van der Waals surface area contributed by atoms with Gasteiger partial charge in [-0.25, -0.2) is 4.21 Å². The van der Waals surface area contributed by atoms with E-state index in [0.717, 1.165) is 61.9 Å². The number of amides is 1. The highest BCUT2D eigenvalue weighted by Gasteiger charge is 2.32. The van der Waals surface area contributed by atoms with Crippen molar-refractivity contribution in [2.24, 2.45) is 11.8 Å². The molecule has 0 radical (unpaired) electrons. The number of benzene rings is 1. The first-order valence-electron chi connectivity index (χ1n) is 11.6. The summed E-state index contributed by atoms with van der Waals surface area (Å²) in [6.45, 7) is 5.35. The molecule has 0 bridgehead atoms. The fraction of sp³-hybridized carbons (Fsp3) is 0.583. The number of hydrogen-bond acceptors (Lipinski definition) is 4. The summed E-state index contributed by atoms with van der Waals surface area (Å²) in [7, 11) is -1.15. The molecule has 1 amide bonds. The van der Waals surface area contributed by atoms with Gasteiger partial charge in [0.25, 0.3) is 5.91 Å². The molecule has 0 saturated carbocycles. The Morgan fingerprint density at radius 3 is 2.59 bits per heavy atom. The minimum absolute atomic E-state index is 0.285. The van der Waals surface area contributed by atoms with Crippen LogP contribution in [0.15, 0.2) is 18.2 Å². The zero-order chi connectivity index (χ0) is 22.8. The SMILES string of the molecule is CCN(CC(=O)O)C(=O)c1ccc2c(c1)c1c(n2S(=O)CC)CCC(C2CCOCC2)C1. The first-order chi connectivity index (χ1) is 15.4. The maximum Gasteiger partial charge on any atom is 0.323 e. The molecule has 32 heavy (non-hydrogen) atoms. The van der Waals surface area contributed by atoms with Crippen molar-refractivity contribution >= 4 is 33.8 Å². The molecule has 174 valence electrons. The number of carboxylic acid groups (broad SMARTS) is 1. The molecule has 1 saturated heterocycles. The van der Waals surface area contributed by atoms with E-state index in [1.165, 1.54) is 10.5 Å². The van der Waals surface area contributed by atoms with E-state index in [0.29, 0.717) is 29.7 Å². The monoisotopic (exact) mass is 460 g/mol. The average molecular weight is 461 g/mol. The maximum absolute atomic E-state index is 13.0. The van der Waals surface area contributed by atoms with Crippen LogP contribution in [0.25, 0.3) is 10.9 Å². The fourth-order valence-electron chi connectivity index (χ4n) is 5.30. The Labute approximate surface area is 191 Å². The molecule has 2 aliphatic rings. The lowest BCUT2D eigenvalue weighted by molar-refractivity contribution is -0.137. The fourth-order valence-corrected chi connectivity index (χ4v) is 6.39. The Hall–Kier alpha value is -2.19. The third kappa shape index (κ3) is 4.35. The van der Waals surface area contributed by atoms with Gasteiger partial charge >= 0.3 is 5.97 Å². The van der Waals surface area contributed by atoms with Crippen LogP contribution in [-0.2, 0) is 33.4 Å². The molecule has 1 N–H and O–H groups in total. The van der Waals surface area contributed by atoms with Gasteiger partial charge in [-0.2, -0.15) is 0 Å². The molecule has 1 aliphatic carbocycles. The molecule has 1 aromatic heterocycles. The summed E-state index contributed by atoms with van der Waals surface area (Å²) in [6, 6.07) is 5.50. The minimum atomic E-state index is -1.15. The van der Waals surface area contributed by atoms with Gasteiger partial charge in [0.2, 0.25) is 0 Å². The number of nitrogens with zero attached hydrogens (tertiary/aromatic N) is 2. The Bertz CT molecular complexity index is 1040. The van der Waals surface area contributed by atoms with Gasteiger partial charge < -0.3 is 14.7 Å². The predicted octanol–water partition coefficient (Wildman–Crippen LogP) is 3.25. The van der Waals surface area contributed by atoms with Crippen LogP contribution in [0.3, 0.4) is 0 Å². The van der Waals surface area contributed by atoms with Gasteiger partial charge in [0.05, 0.1) is 5.52 Å².